The van der Waals surface area contributed by atoms with Gasteiger partial charge in [-0.15, -0.1) is 0 Å². The van der Waals surface area contributed by atoms with Crippen LogP contribution in [0.25, 0.3) is 0 Å². The number of halogens is 1. The lowest BCUT2D eigenvalue weighted by Crippen LogP contribution is -2.34. The largest absolute Gasteiger partial charge is 0.389 e. The zero-order valence-corrected chi connectivity index (χ0v) is 11.9. The molecule has 1 saturated heterocycles. The molecular weight excluding hydrogens is 241 g/mol. The minimum Gasteiger partial charge on any atom is -0.389 e. The Morgan fingerprint density at radius 1 is 1.37 bits per heavy atom. The SMILES string of the molecule is CCCC1CCN(c2cccc(F)c2[C@H](C)O)CC1. The van der Waals surface area contributed by atoms with E-state index in [-0.39, 0.29) is 5.82 Å². The van der Waals surface area contributed by atoms with Crippen LogP contribution in [0, 0.1) is 11.7 Å². The van der Waals surface area contributed by atoms with Crippen LogP contribution in [-0.2, 0) is 0 Å². The summed E-state index contributed by atoms with van der Waals surface area (Å²) in [6, 6.07) is 5.08. The van der Waals surface area contributed by atoms with E-state index in [9.17, 15) is 9.50 Å². The Morgan fingerprint density at radius 3 is 2.63 bits per heavy atom. The fourth-order valence-electron chi connectivity index (χ4n) is 3.09. The summed E-state index contributed by atoms with van der Waals surface area (Å²) in [5.41, 5.74) is 1.31. The fourth-order valence-corrected chi connectivity index (χ4v) is 3.09. The zero-order valence-electron chi connectivity index (χ0n) is 11.9. The maximum absolute atomic E-state index is 13.9. The minimum atomic E-state index is -0.760. The summed E-state index contributed by atoms with van der Waals surface area (Å²) in [5.74, 6) is 0.507. The third-order valence-electron chi connectivity index (χ3n) is 4.10. The molecule has 0 unspecified atom stereocenters. The average Bonchev–Trinajstić information content (AvgIpc) is 2.39. The molecule has 0 radical (unpaired) electrons. The third-order valence-corrected chi connectivity index (χ3v) is 4.10. The van der Waals surface area contributed by atoms with Gasteiger partial charge >= 0.3 is 0 Å². The van der Waals surface area contributed by atoms with E-state index in [1.54, 1.807) is 13.0 Å². The van der Waals surface area contributed by atoms with Crippen molar-refractivity contribution in [2.24, 2.45) is 5.92 Å². The molecule has 2 nitrogen and oxygen atoms in total. The molecule has 1 N–H and O–H groups in total. The highest BCUT2D eigenvalue weighted by Gasteiger charge is 2.23. The molecule has 106 valence electrons. The predicted octanol–water partition coefficient (Wildman–Crippen LogP) is 3.90. The smallest absolute Gasteiger partial charge is 0.131 e. The molecule has 0 bridgehead atoms. The normalized spacial score (nSPS) is 18.6. The van der Waals surface area contributed by atoms with Gasteiger partial charge in [-0.1, -0.05) is 25.8 Å². The van der Waals surface area contributed by atoms with Crippen LogP contribution >= 0.6 is 0 Å². The first kappa shape index (κ1) is 14.3. The third kappa shape index (κ3) is 3.27. The Labute approximate surface area is 115 Å². The molecular formula is C16H24FNO. The molecule has 1 fully saturated rings. The zero-order chi connectivity index (χ0) is 13.8. The van der Waals surface area contributed by atoms with Crippen LogP contribution in [0.4, 0.5) is 10.1 Å². The molecule has 1 heterocycles. The summed E-state index contributed by atoms with van der Waals surface area (Å²) in [4.78, 5) is 2.22. The molecule has 1 aliphatic heterocycles. The van der Waals surface area contributed by atoms with E-state index in [1.807, 2.05) is 6.07 Å². The highest BCUT2D eigenvalue weighted by molar-refractivity contribution is 5.55. The predicted molar refractivity (Wildman–Crippen MR) is 76.9 cm³/mol. The molecule has 1 aliphatic rings. The van der Waals surface area contributed by atoms with Crippen LogP contribution < -0.4 is 4.90 Å². The number of anilines is 1. The van der Waals surface area contributed by atoms with Crippen LogP contribution in [0.15, 0.2) is 18.2 Å². The van der Waals surface area contributed by atoms with Gasteiger partial charge in [-0.3, -0.25) is 0 Å². The summed E-state index contributed by atoms with van der Waals surface area (Å²) in [6.45, 7) is 5.79. The number of rotatable bonds is 4. The van der Waals surface area contributed by atoms with E-state index in [1.165, 1.54) is 31.7 Å². The van der Waals surface area contributed by atoms with Gasteiger partial charge in [-0.25, -0.2) is 4.39 Å². The van der Waals surface area contributed by atoms with Gasteiger partial charge in [0.1, 0.15) is 5.82 Å². The summed E-state index contributed by atoms with van der Waals surface area (Å²) < 4.78 is 13.9. The van der Waals surface area contributed by atoms with Gasteiger partial charge in [-0.05, 0) is 37.8 Å². The van der Waals surface area contributed by atoms with Crippen LogP contribution in [0.1, 0.15) is 51.2 Å². The van der Waals surface area contributed by atoms with Crippen molar-refractivity contribution in [1.29, 1.82) is 0 Å². The standard InChI is InChI=1S/C16H24FNO/c1-3-5-13-8-10-18(11-9-13)15-7-4-6-14(17)16(15)12(2)19/h4,6-7,12-13,19H,3,5,8-11H2,1-2H3/t12-/m0/s1. The summed E-state index contributed by atoms with van der Waals surface area (Å²) in [5, 5.41) is 9.79. The van der Waals surface area contributed by atoms with Gasteiger partial charge in [0.15, 0.2) is 0 Å². The maximum Gasteiger partial charge on any atom is 0.131 e. The minimum absolute atomic E-state index is 0.303. The Morgan fingerprint density at radius 2 is 2.05 bits per heavy atom. The van der Waals surface area contributed by atoms with Gasteiger partial charge in [0.25, 0.3) is 0 Å². The second kappa shape index (κ2) is 6.38. The highest BCUT2D eigenvalue weighted by Crippen LogP contribution is 2.32. The van der Waals surface area contributed by atoms with E-state index in [4.69, 9.17) is 0 Å². The van der Waals surface area contributed by atoms with Crippen molar-refractivity contribution >= 4 is 5.69 Å². The molecule has 3 heteroatoms. The van der Waals surface area contributed by atoms with Crippen molar-refractivity contribution in [1.82, 2.24) is 0 Å². The van der Waals surface area contributed by atoms with Gasteiger partial charge in [0, 0.05) is 24.3 Å². The maximum atomic E-state index is 13.9. The van der Waals surface area contributed by atoms with E-state index in [0.717, 1.165) is 24.7 Å². The van der Waals surface area contributed by atoms with Crippen molar-refractivity contribution in [3.63, 3.8) is 0 Å². The van der Waals surface area contributed by atoms with Crippen molar-refractivity contribution in [2.45, 2.75) is 45.6 Å². The van der Waals surface area contributed by atoms with Crippen LogP contribution in [-0.4, -0.2) is 18.2 Å². The van der Waals surface area contributed by atoms with E-state index >= 15 is 0 Å². The Bertz CT molecular complexity index is 411. The van der Waals surface area contributed by atoms with Gasteiger partial charge in [0.05, 0.1) is 6.10 Å². The first-order chi connectivity index (χ1) is 9.13. The van der Waals surface area contributed by atoms with Crippen molar-refractivity contribution in [2.75, 3.05) is 18.0 Å². The van der Waals surface area contributed by atoms with E-state index in [0.29, 0.717) is 5.56 Å². The molecule has 2 rings (SSSR count). The van der Waals surface area contributed by atoms with E-state index in [2.05, 4.69) is 11.8 Å². The van der Waals surface area contributed by atoms with Gasteiger partial charge in [0.2, 0.25) is 0 Å². The monoisotopic (exact) mass is 265 g/mol. The molecule has 1 atom stereocenters. The molecule has 0 amide bonds. The molecule has 0 saturated carbocycles. The lowest BCUT2D eigenvalue weighted by molar-refractivity contribution is 0.194. The summed E-state index contributed by atoms with van der Waals surface area (Å²) in [7, 11) is 0. The molecule has 1 aromatic carbocycles. The lowest BCUT2D eigenvalue weighted by atomic mass is 9.91. The second-order valence-electron chi connectivity index (χ2n) is 5.57. The van der Waals surface area contributed by atoms with Gasteiger partial charge in [-0.2, -0.15) is 0 Å². The average molecular weight is 265 g/mol. The fraction of sp³-hybridized carbons (Fsp3) is 0.625. The Balaban J connectivity index is 2.13. The number of aliphatic hydroxyl groups excluding tert-OH is 1. The molecule has 0 spiro atoms. The van der Waals surface area contributed by atoms with Gasteiger partial charge < -0.3 is 10.0 Å². The molecule has 19 heavy (non-hydrogen) atoms. The molecule has 0 aliphatic carbocycles. The number of aliphatic hydroxyl groups is 1. The van der Waals surface area contributed by atoms with Crippen molar-refractivity contribution < 1.29 is 9.50 Å². The van der Waals surface area contributed by atoms with E-state index < -0.39 is 6.10 Å². The van der Waals surface area contributed by atoms with Crippen LogP contribution in [0.2, 0.25) is 0 Å². The number of hydrogen-bond donors (Lipinski definition) is 1. The second-order valence-corrected chi connectivity index (χ2v) is 5.57. The molecule has 0 aromatic heterocycles. The Kier molecular flexibility index (Phi) is 4.81. The van der Waals surface area contributed by atoms with Crippen molar-refractivity contribution in [3.05, 3.63) is 29.6 Å². The first-order valence-electron chi connectivity index (χ1n) is 7.35. The number of nitrogens with zero attached hydrogens (tertiary/aromatic N) is 1. The summed E-state index contributed by atoms with van der Waals surface area (Å²) >= 11 is 0. The first-order valence-corrected chi connectivity index (χ1v) is 7.35. The number of piperidine rings is 1. The van der Waals surface area contributed by atoms with Crippen LogP contribution in [0.3, 0.4) is 0 Å². The van der Waals surface area contributed by atoms with Crippen molar-refractivity contribution in [3.8, 4) is 0 Å². The summed E-state index contributed by atoms with van der Waals surface area (Å²) in [6.07, 6.45) is 4.11. The topological polar surface area (TPSA) is 23.5 Å². The van der Waals surface area contributed by atoms with Crippen LogP contribution in [0.5, 0.6) is 0 Å². The number of hydrogen-bond acceptors (Lipinski definition) is 2. The molecule has 1 aromatic rings. The quantitative estimate of drug-likeness (QED) is 0.892. The Hall–Kier alpha value is -1.09. The highest BCUT2D eigenvalue weighted by atomic mass is 19.1. The lowest BCUT2D eigenvalue weighted by Gasteiger charge is -2.35. The number of benzene rings is 1.